The number of nitrogens with zero attached hydrogens (tertiary/aromatic N) is 1. The zero-order valence-corrected chi connectivity index (χ0v) is 12.6. The minimum atomic E-state index is -3.52. The van der Waals surface area contributed by atoms with Crippen LogP contribution in [0.5, 0.6) is 0 Å². The molecule has 1 heterocycles. The molecule has 2 N–H and O–H groups in total. The topological polar surface area (TPSA) is 47.6 Å². The summed E-state index contributed by atoms with van der Waals surface area (Å²) < 4.78 is 49.8. The smallest absolute Gasteiger partial charge is 0.304 e. The summed E-state index contributed by atoms with van der Waals surface area (Å²) in [7, 11) is 0. The number of rotatable bonds is 1. The first kappa shape index (κ1) is 16.4. The Morgan fingerprint density at radius 3 is 2.55 bits per heavy atom. The molecular formula is C16H17F3N2O. The molecule has 2 rings (SSSR count). The second kappa shape index (κ2) is 5.03. The number of halogens is 3. The highest BCUT2D eigenvalue weighted by atomic mass is 19.3. The van der Waals surface area contributed by atoms with Gasteiger partial charge in [0.2, 0.25) is 0 Å². The van der Waals surface area contributed by atoms with E-state index in [1.54, 1.807) is 0 Å². The van der Waals surface area contributed by atoms with Crippen LogP contribution in [-0.4, -0.2) is 24.0 Å². The highest BCUT2D eigenvalue weighted by Crippen LogP contribution is 2.50. The van der Waals surface area contributed by atoms with E-state index in [2.05, 4.69) is 10.9 Å². The number of hydrogen-bond donors (Lipinski definition) is 1. The summed E-state index contributed by atoms with van der Waals surface area (Å²) in [6, 6.07) is 3.99. The Bertz CT molecular complexity index is 676. The number of hydrogen-bond acceptors (Lipinski definition) is 3. The van der Waals surface area contributed by atoms with E-state index in [0.717, 1.165) is 6.92 Å². The molecule has 3 nitrogen and oxygen atoms in total. The molecule has 0 fully saturated rings. The molecule has 1 aliphatic heterocycles. The van der Waals surface area contributed by atoms with Crippen LogP contribution < -0.4 is 5.73 Å². The number of ether oxygens (including phenoxy) is 1. The number of terminal acetylenes is 1. The lowest BCUT2D eigenvalue weighted by Gasteiger charge is -2.41. The van der Waals surface area contributed by atoms with Crippen molar-refractivity contribution < 1.29 is 17.9 Å². The first-order chi connectivity index (χ1) is 10.1. The van der Waals surface area contributed by atoms with Crippen LogP contribution in [0.1, 0.15) is 31.9 Å². The Kier molecular flexibility index (Phi) is 3.74. The first-order valence-electron chi connectivity index (χ1n) is 6.68. The van der Waals surface area contributed by atoms with Crippen molar-refractivity contribution in [3.8, 4) is 12.3 Å². The molecule has 0 saturated heterocycles. The molecule has 22 heavy (non-hydrogen) atoms. The molecule has 0 amide bonds. The van der Waals surface area contributed by atoms with Crippen LogP contribution in [-0.2, 0) is 10.3 Å². The third-order valence-electron chi connectivity index (χ3n) is 3.99. The van der Waals surface area contributed by atoms with Gasteiger partial charge < -0.3 is 10.5 Å². The highest BCUT2D eigenvalue weighted by Gasteiger charge is 2.63. The van der Waals surface area contributed by atoms with Gasteiger partial charge in [-0.25, -0.2) is 13.2 Å². The number of nitrogens with two attached hydrogens (primary N) is 1. The molecule has 0 saturated carbocycles. The predicted molar refractivity (Wildman–Crippen MR) is 78.3 cm³/mol. The lowest BCUT2D eigenvalue weighted by atomic mass is 9.77. The summed E-state index contributed by atoms with van der Waals surface area (Å²) in [6.07, 6.45) is 5.21. The normalized spacial score (nSPS) is 26.7. The second-order valence-corrected chi connectivity index (χ2v) is 5.86. The summed E-state index contributed by atoms with van der Waals surface area (Å²) in [4.78, 5) is 3.87. The van der Waals surface area contributed by atoms with E-state index in [4.69, 9.17) is 16.9 Å². The van der Waals surface area contributed by atoms with Gasteiger partial charge >= 0.3 is 5.92 Å². The lowest BCUT2D eigenvalue weighted by Crippen LogP contribution is -2.56. The van der Waals surface area contributed by atoms with Crippen LogP contribution >= 0.6 is 0 Å². The van der Waals surface area contributed by atoms with E-state index in [1.165, 1.54) is 32.0 Å². The van der Waals surface area contributed by atoms with Crippen LogP contribution in [0.4, 0.5) is 13.2 Å². The monoisotopic (exact) mass is 310 g/mol. The summed E-state index contributed by atoms with van der Waals surface area (Å²) in [5.41, 5.74) is 1.11. The molecule has 1 atom stereocenters. The molecule has 1 aromatic carbocycles. The molecule has 0 aromatic heterocycles. The SMILES string of the molecule is C#Cc1cccc(C2(C)N=C(N)COC(C)(C)C2(F)F)c1F. The van der Waals surface area contributed by atoms with Gasteiger partial charge in [0.05, 0.1) is 5.56 Å². The van der Waals surface area contributed by atoms with E-state index in [-0.39, 0.29) is 23.6 Å². The predicted octanol–water partition coefficient (Wildman–Crippen LogP) is 2.82. The Hall–Kier alpha value is -2.00. The molecule has 6 heteroatoms. The maximum absolute atomic E-state index is 15.1. The van der Waals surface area contributed by atoms with Gasteiger partial charge in [-0.05, 0) is 26.8 Å². The van der Waals surface area contributed by atoms with Crippen LogP contribution in [0.15, 0.2) is 23.2 Å². The fourth-order valence-electron chi connectivity index (χ4n) is 2.57. The van der Waals surface area contributed by atoms with Crippen molar-refractivity contribution in [2.45, 2.75) is 37.8 Å². The molecule has 1 aliphatic rings. The fourth-order valence-corrected chi connectivity index (χ4v) is 2.57. The Morgan fingerprint density at radius 1 is 1.32 bits per heavy atom. The lowest BCUT2D eigenvalue weighted by molar-refractivity contribution is -0.214. The number of benzene rings is 1. The van der Waals surface area contributed by atoms with Gasteiger partial charge in [-0.15, -0.1) is 6.42 Å². The molecule has 1 unspecified atom stereocenters. The van der Waals surface area contributed by atoms with Gasteiger partial charge in [0, 0.05) is 5.56 Å². The maximum atomic E-state index is 15.1. The molecule has 0 radical (unpaired) electrons. The molecule has 1 aromatic rings. The second-order valence-electron chi connectivity index (χ2n) is 5.86. The van der Waals surface area contributed by atoms with E-state index >= 15 is 8.78 Å². The molecule has 0 bridgehead atoms. The van der Waals surface area contributed by atoms with Gasteiger partial charge in [-0.3, -0.25) is 4.99 Å². The molecule has 118 valence electrons. The molecule has 0 aliphatic carbocycles. The molecular weight excluding hydrogens is 293 g/mol. The third-order valence-corrected chi connectivity index (χ3v) is 3.99. The Morgan fingerprint density at radius 2 is 1.95 bits per heavy atom. The van der Waals surface area contributed by atoms with Gasteiger partial charge in [0.15, 0.2) is 5.54 Å². The van der Waals surface area contributed by atoms with Crippen LogP contribution in [0, 0.1) is 18.2 Å². The van der Waals surface area contributed by atoms with Crippen molar-refractivity contribution in [3.05, 3.63) is 35.1 Å². The number of aliphatic imine (C=N–C) groups is 1. The summed E-state index contributed by atoms with van der Waals surface area (Å²) in [6.45, 7) is 3.33. The van der Waals surface area contributed by atoms with E-state index in [0.29, 0.717) is 0 Å². The Balaban J connectivity index is 2.78. The van der Waals surface area contributed by atoms with Crippen molar-refractivity contribution in [2.24, 2.45) is 10.7 Å². The van der Waals surface area contributed by atoms with Crippen LogP contribution in [0.25, 0.3) is 0 Å². The van der Waals surface area contributed by atoms with Crippen LogP contribution in [0.3, 0.4) is 0 Å². The minimum absolute atomic E-state index is 0.105. The van der Waals surface area contributed by atoms with Crippen LogP contribution in [0.2, 0.25) is 0 Å². The number of alkyl halides is 2. The summed E-state index contributed by atoms with van der Waals surface area (Å²) in [5.74, 6) is -2.41. The highest BCUT2D eigenvalue weighted by molar-refractivity contribution is 5.82. The average molecular weight is 310 g/mol. The van der Waals surface area contributed by atoms with Gasteiger partial charge in [-0.2, -0.15) is 0 Å². The van der Waals surface area contributed by atoms with Crippen molar-refractivity contribution in [1.29, 1.82) is 0 Å². The van der Waals surface area contributed by atoms with Crippen molar-refractivity contribution in [1.82, 2.24) is 0 Å². The third kappa shape index (κ3) is 2.17. The van der Waals surface area contributed by atoms with E-state index < -0.39 is 22.9 Å². The summed E-state index contributed by atoms with van der Waals surface area (Å²) in [5, 5.41) is 0. The van der Waals surface area contributed by atoms with Gasteiger partial charge in [-0.1, -0.05) is 18.1 Å². The van der Waals surface area contributed by atoms with E-state index in [1.807, 2.05) is 0 Å². The first-order valence-corrected chi connectivity index (χ1v) is 6.68. The van der Waals surface area contributed by atoms with Gasteiger partial charge in [0.25, 0.3) is 0 Å². The molecule has 0 spiro atoms. The van der Waals surface area contributed by atoms with Crippen molar-refractivity contribution in [3.63, 3.8) is 0 Å². The minimum Gasteiger partial charge on any atom is -0.385 e. The van der Waals surface area contributed by atoms with E-state index in [9.17, 15) is 4.39 Å². The van der Waals surface area contributed by atoms with Gasteiger partial charge in [0.1, 0.15) is 23.9 Å². The number of amidine groups is 1. The summed E-state index contributed by atoms with van der Waals surface area (Å²) >= 11 is 0. The standard InChI is InChI=1S/C16H17F3N2O/c1-5-10-7-6-8-11(13(10)17)15(4)16(18,19)14(2,3)22-9-12(20)21-15/h1,6-8H,9H2,2-4H3,(H2,20,21). The average Bonchev–Trinajstić information content (AvgIpc) is 2.49. The Labute approximate surface area is 127 Å². The van der Waals surface area contributed by atoms with Crippen molar-refractivity contribution >= 4 is 5.84 Å². The maximum Gasteiger partial charge on any atom is 0.304 e. The largest absolute Gasteiger partial charge is 0.385 e. The fraction of sp³-hybridized carbons (Fsp3) is 0.438. The zero-order valence-electron chi connectivity index (χ0n) is 12.6. The zero-order chi connectivity index (χ0) is 16.8. The van der Waals surface area contributed by atoms with Crippen molar-refractivity contribution in [2.75, 3.05) is 6.61 Å². The quantitative estimate of drug-likeness (QED) is 0.811.